The maximum Gasteiger partial charge on any atom is 0.371 e. The van der Waals surface area contributed by atoms with Gasteiger partial charge in [-0.25, -0.2) is 4.79 Å². The first-order chi connectivity index (χ1) is 10.1. The van der Waals surface area contributed by atoms with E-state index < -0.39 is 5.97 Å². The van der Waals surface area contributed by atoms with Crippen molar-refractivity contribution in [1.82, 2.24) is 5.32 Å². The first-order valence-corrected chi connectivity index (χ1v) is 7.54. The summed E-state index contributed by atoms with van der Waals surface area (Å²) in [4.78, 5) is 12.2. The Kier molecular flexibility index (Phi) is 3.77. The Morgan fingerprint density at radius 3 is 2.95 bits per heavy atom. The van der Waals surface area contributed by atoms with Crippen molar-refractivity contribution in [3.05, 3.63) is 58.0 Å². The van der Waals surface area contributed by atoms with Gasteiger partial charge >= 0.3 is 5.97 Å². The van der Waals surface area contributed by atoms with Crippen LogP contribution in [0.25, 0.3) is 11.0 Å². The highest BCUT2D eigenvalue weighted by atomic mass is 32.1. The molecule has 1 atom stereocenters. The molecule has 0 saturated heterocycles. The van der Waals surface area contributed by atoms with Gasteiger partial charge in [-0.3, -0.25) is 0 Å². The van der Waals surface area contributed by atoms with Gasteiger partial charge in [0, 0.05) is 22.8 Å². The third-order valence-electron chi connectivity index (χ3n) is 3.37. The van der Waals surface area contributed by atoms with Crippen LogP contribution in [0.3, 0.4) is 0 Å². The number of fused-ring (bicyclic) bond motifs is 1. The summed E-state index contributed by atoms with van der Waals surface area (Å²) in [5, 5.41) is 15.3. The molecule has 4 nitrogen and oxygen atoms in total. The van der Waals surface area contributed by atoms with Gasteiger partial charge in [0.15, 0.2) is 0 Å². The molecule has 3 aromatic rings. The van der Waals surface area contributed by atoms with Gasteiger partial charge in [0.2, 0.25) is 5.76 Å². The Hall–Kier alpha value is -2.11. The van der Waals surface area contributed by atoms with Gasteiger partial charge in [0.25, 0.3) is 0 Å². The predicted octanol–water partition coefficient (Wildman–Crippen LogP) is 4.04. The molecule has 2 N–H and O–H groups in total. The van der Waals surface area contributed by atoms with E-state index in [9.17, 15) is 4.79 Å². The van der Waals surface area contributed by atoms with E-state index in [0.717, 1.165) is 17.5 Å². The Balaban J connectivity index is 1.73. The number of rotatable bonds is 5. The Morgan fingerprint density at radius 2 is 2.24 bits per heavy atom. The predicted molar refractivity (Wildman–Crippen MR) is 82.7 cm³/mol. The van der Waals surface area contributed by atoms with Gasteiger partial charge in [-0.1, -0.05) is 12.1 Å². The van der Waals surface area contributed by atoms with E-state index in [4.69, 9.17) is 9.52 Å². The second-order valence-corrected chi connectivity index (χ2v) is 5.89. The average Bonchev–Trinajstić information content (AvgIpc) is 3.13. The fraction of sp³-hybridized carbons (Fsp3) is 0.188. The highest BCUT2D eigenvalue weighted by Gasteiger charge is 2.11. The number of nitrogens with one attached hydrogen (secondary N) is 1. The lowest BCUT2D eigenvalue weighted by Crippen LogP contribution is -2.16. The molecule has 1 aromatic carbocycles. The smallest absolute Gasteiger partial charge is 0.371 e. The SMILES string of the molecule is CC(NCc1ccc2oc(C(=O)O)cc2c1)c1cccs1. The number of hydrogen-bond donors (Lipinski definition) is 2. The topological polar surface area (TPSA) is 62.5 Å². The molecule has 0 aliphatic carbocycles. The van der Waals surface area contributed by atoms with Crippen molar-refractivity contribution < 1.29 is 14.3 Å². The van der Waals surface area contributed by atoms with Crippen LogP contribution >= 0.6 is 11.3 Å². The second kappa shape index (κ2) is 5.71. The van der Waals surface area contributed by atoms with Crippen molar-refractivity contribution in [2.45, 2.75) is 19.5 Å². The van der Waals surface area contributed by atoms with Crippen LogP contribution in [0.15, 0.2) is 46.2 Å². The summed E-state index contributed by atoms with van der Waals surface area (Å²) in [7, 11) is 0. The molecule has 0 aliphatic heterocycles. The zero-order chi connectivity index (χ0) is 14.8. The van der Waals surface area contributed by atoms with Crippen LogP contribution in [-0.2, 0) is 6.54 Å². The van der Waals surface area contributed by atoms with E-state index >= 15 is 0 Å². The number of thiophene rings is 1. The zero-order valence-corrected chi connectivity index (χ0v) is 12.3. The molecule has 5 heteroatoms. The number of carboxylic acids is 1. The van der Waals surface area contributed by atoms with Crippen molar-refractivity contribution >= 4 is 28.3 Å². The summed E-state index contributed by atoms with van der Waals surface area (Å²) >= 11 is 1.73. The maximum atomic E-state index is 10.9. The fourth-order valence-electron chi connectivity index (χ4n) is 2.22. The Labute approximate surface area is 126 Å². The maximum absolute atomic E-state index is 10.9. The molecular formula is C16H15NO3S. The van der Waals surface area contributed by atoms with E-state index in [1.807, 2.05) is 24.3 Å². The van der Waals surface area contributed by atoms with Crippen LogP contribution in [0, 0.1) is 0 Å². The summed E-state index contributed by atoms with van der Waals surface area (Å²) in [5.41, 5.74) is 1.70. The number of furan rings is 1. The largest absolute Gasteiger partial charge is 0.475 e. The third kappa shape index (κ3) is 2.99. The van der Waals surface area contributed by atoms with Gasteiger partial charge in [-0.2, -0.15) is 0 Å². The number of carboxylic acid groups (broad SMARTS) is 1. The highest BCUT2D eigenvalue weighted by Crippen LogP contribution is 2.22. The molecule has 0 saturated carbocycles. The lowest BCUT2D eigenvalue weighted by Gasteiger charge is -2.12. The summed E-state index contributed by atoms with van der Waals surface area (Å²) < 4.78 is 5.25. The summed E-state index contributed by atoms with van der Waals surface area (Å²) in [5.74, 6) is -1.07. The average molecular weight is 301 g/mol. The first kappa shape index (κ1) is 13.9. The van der Waals surface area contributed by atoms with Gasteiger partial charge in [0.05, 0.1) is 0 Å². The highest BCUT2D eigenvalue weighted by molar-refractivity contribution is 7.10. The van der Waals surface area contributed by atoms with E-state index in [1.165, 1.54) is 4.88 Å². The molecular weight excluding hydrogens is 286 g/mol. The number of benzene rings is 1. The summed E-state index contributed by atoms with van der Waals surface area (Å²) in [6, 6.07) is 11.7. The minimum absolute atomic E-state index is 0.0259. The van der Waals surface area contributed by atoms with E-state index in [-0.39, 0.29) is 5.76 Å². The van der Waals surface area contributed by atoms with Crippen LogP contribution in [0.2, 0.25) is 0 Å². The Bertz CT molecular complexity index is 761. The van der Waals surface area contributed by atoms with Crippen molar-refractivity contribution in [3.63, 3.8) is 0 Å². The second-order valence-electron chi connectivity index (χ2n) is 4.91. The molecule has 2 heterocycles. The molecule has 21 heavy (non-hydrogen) atoms. The molecule has 0 spiro atoms. The van der Waals surface area contributed by atoms with Crippen molar-refractivity contribution in [3.8, 4) is 0 Å². The van der Waals surface area contributed by atoms with E-state index in [0.29, 0.717) is 11.6 Å². The van der Waals surface area contributed by atoms with Crippen LogP contribution < -0.4 is 5.32 Å². The van der Waals surface area contributed by atoms with Gasteiger partial charge in [-0.05, 0) is 42.1 Å². The van der Waals surface area contributed by atoms with E-state index in [2.05, 4.69) is 23.7 Å². The van der Waals surface area contributed by atoms with Crippen molar-refractivity contribution in [1.29, 1.82) is 0 Å². The molecule has 0 fully saturated rings. The summed E-state index contributed by atoms with van der Waals surface area (Å²) in [6.07, 6.45) is 0. The quantitative estimate of drug-likeness (QED) is 0.746. The standard InChI is InChI=1S/C16H15NO3S/c1-10(15-3-2-6-21-15)17-9-11-4-5-13-12(7-11)8-14(20-13)16(18)19/h2-8,10,17H,9H2,1H3,(H,18,19). The van der Waals surface area contributed by atoms with Gasteiger partial charge in [0.1, 0.15) is 5.58 Å². The fourth-order valence-corrected chi connectivity index (χ4v) is 2.98. The molecule has 1 unspecified atom stereocenters. The molecule has 108 valence electrons. The normalized spacial score (nSPS) is 12.6. The van der Waals surface area contributed by atoms with Crippen LogP contribution in [-0.4, -0.2) is 11.1 Å². The molecule has 0 bridgehead atoms. The Morgan fingerprint density at radius 1 is 1.38 bits per heavy atom. The van der Waals surface area contributed by atoms with Crippen LogP contribution in [0.4, 0.5) is 0 Å². The molecule has 0 amide bonds. The van der Waals surface area contributed by atoms with Crippen LogP contribution in [0.5, 0.6) is 0 Å². The summed E-state index contributed by atoms with van der Waals surface area (Å²) in [6.45, 7) is 2.85. The third-order valence-corrected chi connectivity index (χ3v) is 4.43. The van der Waals surface area contributed by atoms with E-state index in [1.54, 1.807) is 17.4 Å². The molecule has 0 aliphatic rings. The van der Waals surface area contributed by atoms with Gasteiger partial charge < -0.3 is 14.8 Å². The van der Waals surface area contributed by atoms with Crippen LogP contribution in [0.1, 0.15) is 34.0 Å². The zero-order valence-electron chi connectivity index (χ0n) is 11.5. The number of hydrogen-bond acceptors (Lipinski definition) is 4. The van der Waals surface area contributed by atoms with Crippen molar-refractivity contribution in [2.75, 3.05) is 0 Å². The lowest BCUT2D eigenvalue weighted by atomic mass is 10.1. The monoisotopic (exact) mass is 301 g/mol. The number of carbonyl (C=O) groups is 1. The molecule has 3 rings (SSSR count). The minimum Gasteiger partial charge on any atom is -0.475 e. The molecule has 2 aromatic heterocycles. The van der Waals surface area contributed by atoms with Crippen molar-refractivity contribution in [2.24, 2.45) is 0 Å². The molecule has 0 radical (unpaired) electrons. The van der Waals surface area contributed by atoms with Gasteiger partial charge in [-0.15, -0.1) is 11.3 Å². The minimum atomic E-state index is -1.04. The first-order valence-electron chi connectivity index (χ1n) is 6.66. The lowest BCUT2D eigenvalue weighted by molar-refractivity contribution is 0.0665. The number of aromatic carboxylic acids is 1.